The summed E-state index contributed by atoms with van der Waals surface area (Å²) in [5, 5.41) is 3.40. The van der Waals surface area contributed by atoms with Crippen molar-refractivity contribution in [2.45, 2.75) is 50.5 Å². The minimum Gasteiger partial charge on any atom is -0.463 e. The van der Waals surface area contributed by atoms with E-state index >= 15 is 0 Å². The van der Waals surface area contributed by atoms with Crippen LogP contribution in [0, 0.1) is 5.92 Å². The number of hydrogen-bond acceptors (Lipinski definition) is 5. The summed E-state index contributed by atoms with van der Waals surface area (Å²) >= 11 is 0. The van der Waals surface area contributed by atoms with E-state index in [4.69, 9.17) is 4.74 Å². The molecular formula is C24H32N4O. The summed E-state index contributed by atoms with van der Waals surface area (Å²) in [6, 6.07) is 11.9. The summed E-state index contributed by atoms with van der Waals surface area (Å²) < 4.78 is 5.94. The van der Waals surface area contributed by atoms with E-state index in [1.54, 1.807) is 0 Å². The summed E-state index contributed by atoms with van der Waals surface area (Å²) in [7, 11) is 0. The Kier molecular flexibility index (Phi) is 5.77. The van der Waals surface area contributed by atoms with Crippen molar-refractivity contribution in [3.63, 3.8) is 0 Å². The third-order valence-corrected chi connectivity index (χ3v) is 6.87. The molecule has 2 aliphatic heterocycles. The lowest BCUT2D eigenvalue weighted by atomic mass is 9.72. The van der Waals surface area contributed by atoms with Crippen molar-refractivity contribution in [2.75, 3.05) is 32.8 Å². The molecule has 1 N–H and O–H groups in total. The second-order valence-electron chi connectivity index (χ2n) is 9.02. The van der Waals surface area contributed by atoms with Gasteiger partial charge in [-0.25, -0.2) is 4.98 Å². The Morgan fingerprint density at radius 1 is 1.03 bits per heavy atom. The molecule has 3 aliphatic rings. The maximum atomic E-state index is 5.94. The SMILES string of the molecule is c1cc(C2CCNC2)nc(OC[C@H]2C[C@@H](c3ccc(CN4CCCC4)cc3)C2)n1. The van der Waals surface area contributed by atoms with Crippen LogP contribution in [0.1, 0.15) is 60.8 Å². The minimum absolute atomic E-state index is 0.502. The second-order valence-corrected chi connectivity index (χ2v) is 9.02. The van der Waals surface area contributed by atoms with Crippen molar-refractivity contribution in [2.24, 2.45) is 5.92 Å². The van der Waals surface area contributed by atoms with Gasteiger partial charge >= 0.3 is 6.01 Å². The fourth-order valence-corrected chi connectivity index (χ4v) is 4.99. The Bertz CT molecular complexity index is 791. The zero-order valence-electron chi connectivity index (χ0n) is 17.2. The van der Waals surface area contributed by atoms with Crippen molar-refractivity contribution in [1.82, 2.24) is 20.2 Å². The molecule has 29 heavy (non-hydrogen) atoms. The van der Waals surface area contributed by atoms with Crippen LogP contribution in [0.4, 0.5) is 0 Å². The molecule has 0 amide bonds. The number of hydrogen-bond donors (Lipinski definition) is 1. The van der Waals surface area contributed by atoms with Gasteiger partial charge in [0.05, 0.1) is 12.3 Å². The van der Waals surface area contributed by atoms with Gasteiger partial charge < -0.3 is 10.1 Å². The molecule has 0 spiro atoms. The first-order valence-electron chi connectivity index (χ1n) is 11.3. The average molecular weight is 393 g/mol. The molecule has 3 heterocycles. The van der Waals surface area contributed by atoms with Gasteiger partial charge in [0.2, 0.25) is 0 Å². The van der Waals surface area contributed by atoms with Crippen molar-refractivity contribution in [1.29, 1.82) is 0 Å². The molecule has 0 bridgehead atoms. The fraction of sp³-hybridized carbons (Fsp3) is 0.583. The number of benzene rings is 1. The zero-order chi connectivity index (χ0) is 19.5. The molecule has 1 atom stereocenters. The lowest BCUT2D eigenvalue weighted by Crippen LogP contribution is -2.27. The maximum Gasteiger partial charge on any atom is 0.316 e. The lowest BCUT2D eigenvalue weighted by molar-refractivity contribution is 0.149. The highest BCUT2D eigenvalue weighted by atomic mass is 16.5. The molecule has 5 rings (SSSR count). The number of nitrogens with zero attached hydrogens (tertiary/aromatic N) is 3. The quantitative estimate of drug-likeness (QED) is 0.778. The van der Waals surface area contributed by atoms with E-state index in [1.165, 1.54) is 49.9 Å². The predicted octanol–water partition coefficient (Wildman–Crippen LogP) is 3.72. The molecule has 1 aromatic carbocycles. The fourth-order valence-electron chi connectivity index (χ4n) is 4.99. The normalized spacial score (nSPS) is 27.1. The molecule has 5 heteroatoms. The molecule has 2 saturated heterocycles. The van der Waals surface area contributed by atoms with Crippen molar-refractivity contribution < 1.29 is 4.74 Å². The van der Waals surface area contributed by atoms with E-state index in [0.29, 0.717) is 23.8 Å². The number of ether oxygens (including phenoxy) is 1. The molecular weight excluding hydrogens is 360 g/mol. The van der Waals surface area contributed by atoms with Gasteiger partial charge in [0.1, 0.15) is 0 Å². The Hall–Kier alpha value is -1.98. The van der Waals surface area contributed by atoms with E-state index in [-0.39, 0.29) is 0 Å². The smallest absolute Gasteiger partial charge is 0.316 e. The lowest BCUT2D eigenvalue weighted by Gasteiger charge is -2.35. The monoisotopic (exact) mass is 392 g/mol. The van der Waals surface area contributed by atoms with Gasteiger partial charge in [-0.05, 0) is 80.8 Å². The summed E-state index contributed by atoms with van der Waals surface area (Å²) in [6.45, 7) is 6.45. The Morgan fingerprint density at radius 2 is 1.86 bits per heavy atom. The van der Waals surface area contributed by atoms with Crippen LogP contribution in [-0.4, -0.2) is 47.7 Å². The first kappa shape index (κ1) is 19.0. The van der Waals surface area contributed by atoms with Gasteiger partial charge in [-0.1, -0.05) is 24.3 Å². The Morgan fingerprint density at radius 3 is 2.62 bits per heavy atom. The van der Waals surface area contributed by atoms with Crippen LogP contribution in [0.25, 0.3) is 0 Å². The average Bonchev–Trinajstić information content (AvgIpc) is 3.42. The van der Waals surface area contributed by atoms with Crippen LogP contribution < -0.4 is 10.1 Å². The molecule has 2 aromatic rings. The standard InChI is InChI=1S/C24H32N4O/c1-2-12-28(11-1)16-18-3-5-20(6-4-18)22-13-19(14-22)17-29-24-26-10-8-23(27-24)21-7-9-25-15-21/h3-6,8,10,19,21-22,25H,1-2,7,9,11-17H2/t19-,21?,22+. The van der Waals surface area contributed by atoms with Gasteiger partial charge in [-0.15, -0.1) is 0 Å². The first-order chi connectivity index (χ1) is 14.3. The van der Waals surface area contributed by atoms with Crippen LogP contribution in [0.2, 0.25) is 0 Å². The summed E-state index contributed by atoms with van der Waals surface area (Å²) in [4.78, 5) is 11.5. The van der Waals surface area contributed by atoms with E-state index in [1.807, 2.05) is 12.3 Å². The van der Waals surface area contributed by atoms with Crippen molar-refractivity contribution in [3.05, 3.63) is 53.3 Å². The maximum absolute atomic E-state index is 5.94. The summed E-state index contributed by atoms with van der Waals surface area (Å²) in [5.41, 5.74) is 4.04. The molecule has 3 fully saturated rings. The molecule has 1 aliphatic carbocycles. The van der Waals surface area contributed by atoms with Gasteiger partial charge in [0.15, 0.2) is 0 Å². The molecule has 154 valence electrons. The third-order valence-electron chi connectivity index (χ3n) is 6.87. The van der Waals surface area contributed by atoms with E-state index in [2.05, 4.69) is 44.5 Å². The third kappa shape index (κ3) is 4.62. The van der Waals surface area contributed by atoms with Crippen LogP contribution >= 0.6 is 0 Å². The number of likely N-dealkylation sites (tertiary alicyclic amines) is 1. The highest BCUT2D eigenvalue weighted by Gasteiger charge is 2.31. The van der Waals surface area contributed by atoms with Crippen LogP contribution in [0.15, 0.2) is 36.5 Å². The van der Waals surface area contributed by atoms with Crippen LogP contribution in [-0.2, 0) is 6.54 Å². The van der Waals surface area contributed by atoms with E-state index in [9.17, 15) is 0 Å². The number of nitrogens with one attached hydrogen (secondary N) is 1. The van der Waals surface area contributed by atoms with Gasteiger partial charge in [-0.3, -0.25) is 4.90 Å². The minimum atomic E-state index is 0.502. The topological polar surface area (TPSA) is 50.3 Å². The Labute approximate surface area is 173 Å². The molecule has 1 unspecified atom stereocenters. The largest absolute Gasteiger partial charge is 0.463 e. The van der Waals surface area contributed by atoms with Gasteiger partial charge in [0, 0.05) is 25.2 Å². The summed E-state index contributed by atoms with van der Waals surface area (Å²) in [5.74, 6) is 1.80. The van der Waals surface area contributed by atoms with Crippen LogP contribution in [0.3, 0.4) is 0 Å². The van der Waals surface area contributed by atoms with Crippen LogP contribution in [0.5, 0.6) is 6.01 Å². The first-order valence-corrected chi connectivity index (χ1v) is 11.3. The van der Waals surface area contributed by atoms with E-state index < -0.39 is 0 Å². The molecule has 5 nitrogen and oxygen atoms in total. The molecule has 1 saturated carbocycles. The Balaban J connectivity index is 1.08. The predicted molar refractivity (Wildman–Crippen MR) is 114 cm³/mol. The van der Waals surface area contributed by atoms with Crippen molar-refractivity contribution in [3.8, 4) is 6.01 Å². The summed E-state index contributed by atoms with van der Waals surface area (Å²) in [6.07, 6.45) is 8.11. The highest BCUT2D eigenvalue weighted by molar-refractivity contribution is 5.27. The highest BCUT2D eigenvalue weighted by Crippen LogP contribution is 2.41. The van der Waals surface area contributed by atoms with Gasteiger partial charge in [0.25, 0.3) is 0 Å². The molecule has 0 radical (unpaired) electrons. The van der Waals surface area contributed by atoms with Gasteiger partial charge in [-0.2, -0.15) is 4.98 Å². The zero-order valence-corrected chi connectivity index (χ0v) is 17.2. The molecule has 1 aromatic heterocycles. The number of rotatable bonds is 7. The van der Waals surface area contributed by atoms with E-state index in [0.717, 1.165) is 38.4 Å². The number of aromatic nitrogens is 2. The second kappa shape index (κ2) is 8.80. The van der Waals surface area contributed by atoms with Crippen molar-refractivity contribution >= 4 is 0 Å².